The number of ether oxygens (including phenoxy) is 1. The number of aliphatic hydroxyl groups is 1. The van der Waals surface area contributed by atoms with Crippen LogP contribution in [0.15, 0.2) is 18.2 Å². The zero-order valence-electron chi connectivity index (χ0n) is 20.5. The third kappa shape index (κ3) is 10.5. The number of carbonyl (C=O) groups is 3. The molecule has 0 aliphatic carbocycles. The molecular formula is C23H30F3N3O8. The number of aromatic nitrogens is 2. The molecular weight excluding hydrogens is 503 g/mol. The summed E-state index contributed by atoms with van der Waals surface area (Å²) >= 11 is 0. The Morgan fingerprint density at radius 2 is 1.59 bits per heavy atom. The summed E-state index contributed by atoms with van der Waals surface area (Å²) in [6.07, 6.45) is -1.38. The molecule has 37 heavy (non-hydrogen) atoms. The zero-order chi connectivity index (χ0) is 28.3. The Balaban J connectivity index is 0.000000448. The fourth-order valence-corrected chi connectivity index (χ4v) is 2.91. The smallest absolute Gasteiger partial charge is 0.336 e. The monoisotopic (exact) mass is 533 g/mol. The van der Waals surface area contributed by atoms with Gasteiger partial charge in [0.15, 0.2) is 17.2 Å². The van der Waals surface area contributed by atoms with E-state index < -0.39 is 53.8 Å². The molecule has 0 aliphatic rings. The van der Waals surface area contributed by atoms with Gasteiger partial charge in [-0.2, -0.15) is 5.10 Å². The molecule has 0 radical (unpaired) electrons. The topological polar surface area (TPSA) is 171 Å². The maximum atomic E-state index is 13.7. The summed E-state index contributed by atoms with van der Waals surface area (Å²) in [6, 6.07) is 3.10. The lowest BCUT2D eigenvalue weighted by Crippen LogP contribution is -2.42. The van der Waals surface area contributed by atoms with E-state index in [2.05, 4.69) is 24.3 Å². The van der Waals surface area contributed by atoms with Gasteiger partial charge < -0.3 is 30.5 Å². The van der Waals surface area contributed by atoms with Gasteiger partial charge in [0.05, 0.1) is 18.5 Å². The number of benzene rings is 1. The molecule has 5 N–H and O–H groups in total. The molecule has 11 nitrogen and oxygen atoms in total. The molecule has 0 bridgehead atoms. The van der Waals surface area contributed by atoms with Crippen LogP contribution in [0.25, 0.3) is 0 Å². The van der Waals surface area contributed by atoms with Crippen molar-refractivity contribution in [2.24, 2.45) is 5.92 Å². The van der Waals surface area contributed by atoms with Crippen molar-refractivity contribution in [3.8, 4) is 5.88 Å². The van der Waals surface area contributed by atoms with E-state index in [-0.39, 0.29) is 12.2 Å². The normalized spacial score (nSPS) is 11.1. The zero-order valence-corrected chi connectivity index (χ0v) is 20.5. The largest absolute Gasteiger partial charge is 0.481 e. The van der Waals surface area contributed by atoms with Crippen LogP contribution in [-0.4, -0.2) is 60.8 Å². The van der Waals surface area contributed by atoms with Gasteiger partial charge in [0.1, 0.15) is 12.4 Å². The van der Waals surface area contributed by atoms with Gasteiger partial charge in [-0.15, -0.1) is 0 Å². The quantitative estimate of drug-likeness (QED) is 0.241. The summed E-state index contributed by atoms with van der Waals surface area (Å²) in [5.41, 5.74) is -1.99. The van der Waals surface area contributed by atoms with Gasteiger partial charge in [-0.1, -0.05) is 13.8 Å². The van der Waals surface area contributed by atoms with Gasteiger partial charge in [0, 0.05) is 30.8 Å². The van der Waals surface area contributed by atoms with E-state index in [1.807, 2.05) is 7.05 Å². The van der Waals surface area contributed by atoms with E-state index in [9.17, 15) is 27.6 Å². The van der Waals surface area contributed by atoms with Gasteiger partial charge in [-0.05, 0) is 25.5 Å². The lowest BCUT2D eigenvalue weighted by Gasteiger charge is -2.18. The summed E-state index contributed by atoms with van der Waals surface area (Å²) in [5.74, 6) is -7.19. The number of hydrogen-bond donors (Lipinski definition) is 5. The average molecular weight is 534 g/mol. The van der Waals surface area contributed by atoms with Gasteiger partial charge in [-0.3, -0.25) is 9.59 Å². The van der Waals surface area contributed by atoms with E-state index >= 15 is 0 Å². The number of carboxylic acid groups (broad SMARTS) is 3. The fraction of sp³-hybridized carbons (Fsp3) is 0.478. The van der Waals surface area contributed by atoms with Crippen LogP contribution in [0.2, 0.25) is 0 Å². The highest BCUT2D eigenvalue weighted by Crippen LogP contribution is 2.20. The highest BCUT2D eigenvalue weighted by molar-refractivity contribution is 5.88. The van der Waals surface area contributed by atoms with Crippen molar-refractivity contribution in [1.82, 2.24) is 15.1 Å². The molecule has 1 aromatic carbocycles. The Labute approximate surface area is 210 Å². The molecule has 2 aromatic rings. The minimum Gasteiger partial charge on any atom is -0.481 e. The van der Waals surface area contributed by atoms with Crippen LogP contribution in [0.5, 0.6) is 5.88 Å². The molecule has 0 saturated carbocycles. The first-order valence-corrected chi connectivity index (χ1v) is 11.0. The molecule has 1 heterocycles. The van der Waals surface area contributed by atoms with Crippen molar-refractivity contribution in [3.05, 3.63) is 46.9 Å². The van der Waals surface area contributed by atoms with E-state index in [0.29, 0.717) is 31.0 Å². The number of hydrogen-bond acceptors (Lipinski definition) is 7. The molecule has 0 fully saturated rings. The number of carboxylic acids is 3. The van der Waals surface area contributed by atoms with E-state index in [1.54, 1.807) is 10.7 Å². The maximum absolute atomic E-state index is 13.7. The highest BCUT2D eigenvalue weighted by atomic mass is 19.2. The van der Waals surface area contributed by atoms with Crippen LogP contribution in [-0.2, 0) is 34.1 Å². The molecule has 14 heteroatoms. The van der Waals surface area contributed by atoms with Crippen LogP contribution in [0.1, 0.15) is 44.4 Å². The fourth-order valence-electron chi connectivity index (χ4n) is 2.91. The van der Waals surface area contributed by atoms with Crippen molar-refractivity contribution in [1.29, 1.82) is 0 Å². The molecule has 2 rings (SSSR count). The molecule has 0 saturated heterocycles. The number of aliphatic carboxylic acids is 3. The summed E-state index contributed by atoms with van der Waals surface area (Å²) in [7, 11) is 1.81. The number of rotatable bonds is 13. The maximum Gasteiger partial charge on any atom is 0.336 e. The molecule has 0 amide bonds. The first-order chi connectivity index (χ1) is 17.2. The lowest BCUT2D eigenvalue weighted by molar-refractivity contribution is -0.170. The predicted octanol–water partition coefficient (Wildman–Crippen LogP) is 2.40. The Kier molecular flexibility index (Phi) is 12.0. The third-order valence-electron chi connectivity index (χ3n) is 4.82. The molecule has 0 unspecified atom stereocenters. The number of nitrogens with zero attached hydrogens (tertiary/aromatic N) is 2. The molecule has 0 spiro atoms. The van der Waals surface area contributed by atoms with Crippen LogP contribution >= 0.6 is 0 Å². The molecule has 0 aliphatic heterocycles. The second kappa shape index (κ2) is 14.2. The Morgan fingerprint density at radius 3 is 2.08 bits per heavy atom. The van der Waals surface area contributed by atoms with Gasteiger partial charge >= 0.3 is 17.9 Å². The van der Waals surface area contributed by atoms with Crippen molar-refractivity contribution in [3.63, 3.8) is 0 Å². The van der Waals surface area contributed by atoms with Crippen LogP contribution in [0.3, 0.4) is 0 Å². The first-order valence-electron chi connectivity index (χ1n) is 11.0. The summed E-state index contributed by atoms with van der Waals surface area (Å²) in [5, 5.41) is 41.3. The lowest BCUT2D eigenvalue weighted by atomic mass is 9.96. The predicted molar refractivity (Wildman–Crippen MR) is 122 cm³/mol. The molecule has 0 atom stereocenters. The third-order valence-corrected chi connectivity index (χ3v) is 4.82. The van der Waals surface area contributed by atoms with Crippen LogP contribution in [0.4, 0.5) is 13.2 Å². The Bertz CT molecular complexity index is 1080. The minimum absolute atomic E-state index is 0.0410. The van der Waals surface area contributed by atoms with E-state index in [1.165, 1.54) is 0 Å². The second-order valence-electron chi connectivity index (χ2n) is 8.53. The van der Waals surface area contributed by atoms with Gasteiger partial charge in [0.2, 0.25) is 5.88 Å². The summed E-state index contributed by atoms with van der Waals surface area (Å²) < 4.78 is 47.2. The SMILES string of the molecule is CNCc1cc(OCc2cc(F)c(F)cc2F)n(CCC(C)C)n1.O=C(O)CC(O)(CC(=O)O)C(=O)O. The number of aryl methyl sites for hydroxylation is 1. The van der Waals surface area contributed by atoms with Crippen molar-refractivity contribution in [2.45, 2.75) is 58.4 Å². The molecule has 206 valence electrons. The second-order valence-corrected chi connectivity index (χ2v) is 8.53. The van der Waals surface area contributed by atoms with Gasteiger partial charge in [-0.25, -0.2) is 22.6 Å². The summed E-state index contributed by atoms with van der Waals surface area (Å²) in [6.45, 7) is 5.25. The first kappa shape index (κ1) is 31.4. The summed E-state index contributed by atoms with van der Waals surface area (Å²) in [4.78, 5) is 30.5. The van der Waals surface area contributed by atoms with Crippen molar-refractivity contribution in [2.75, 3.05) is 7.05 Å². The average Bonchev–Trinajstić information content (AvgIpc) is 3.15. The molecule has 1 aromatic heterocycles. The van der Waals surface area contributed by atoms with Crippen LogP contribution < -0.4 is 10.1 Å². The van der Waals surface area contributed by atoms with Crippen molar-refractivity contribution >= 4 is 17.9 Å². The van der Waals surface area contributed by atoms with Crippen LogP contribution in [0, 0.1) is 23.4 Å². The number of halogens is 3. The Morgan fingerprint density at radius 1 is 1.03 bits per heavy atom. The Hall–Kier alpha value is -3.65. The minimum atomic E-state index is -2.74. The number of nitrogens with one attached hydrogen (secondary N) is 1. The highest BCUT2D eigenvalue weighted by Gasteiger charge is 2.40. The van der Waals surface area contributed by atoms with Crippen molar-refractivity contribution < 1.29 is 52.7 Å². The van der Waals surface area contributed by atoms with Gasteiger partial charge in [0.25, 0.3) is 0 Å². The van der Waals surface area contributed by atoms with E-state index in [4.69, 9.17) is 25.2 Å². The van der Waals surface area contributed by atoms with E-state index in [0.717, 1.165) is 18.2 Å². The standard InChI is InChI=1S/C17H22F3N3O.C6H8O7/c1-11(2)4-5-23-17(7-13(22-23)9-21-3)24-10-12-6-15(19)16(20)8-14(12)18;7-3(8)1-6(13,5(11)12)2-4(9)10/h6-8,11,21H,4-5,9-10H2,1-3H3;13H,1-2H2,(H,7,8)(H,9,10)(H,11,12).